The van der Waals surface area contributed by atoms with Crippen molar-refractivity contribution in [2.45, 2.75) is 20.3 Å². The van der Waals surface area contributed by atoms with Crippen LogP contribution in [0.4, 0.5) is 0 Å². The lowest BCUT2D eigenvalue weighted by Crippen LogP contribution is -1.93. The highest BCUT2D eigenvalue weighted by Gasteiger charge is 1.94. The molecule has 14 heavy (non-hydrogen) atoms. The first-order valence-electron chi connectivity index (χ1n) is 5.00. The molecule has 1 heteroatoms. The average Bonchev–Trinajstić information content (AvgIpc) is 2.18. The van der Waals surface area contributed by atoms with E-state index in [1.165, 1.54) is 0 Å². The maximum atomic E-state index is 7.79. The molecule has 1 aromatic carbocycles. The molecular formula is C13H17N. The molecule has 0 aromatic heterocycles. The fourth-order valence-corrected chi connectivity index (χ4v) is 1.17. The zero-order valence-corrected chi connectivity index (χ0v) is 8.83. The van der Waals surface area contributed by atoms with Gasteiger partial charge in [0.15, 0.2) is 0 Å². The highest BCUT2D eigenvalue weighted by Crippen LogP contribution is 2.04. The Hall–Kier alpha value is -1.37. The van der Waals surface area contributed by atoms with Crippen LogP contribution in [0.1, 0.15) is 25.8 Å². The van der Waals surface area contributed by atoms with Crippen LogP contribution in [0.25, 0.3) is 0 Å². The van der Waals surface area contributed by atoms with E-state index >= 15 is 0 Å². The Kier molecular flexibility index (Phi) is 4.11. The molecular weight excluding hydrogens is 170 g/mol. The van der Waals surface area contributed by atoms with Crippen LogP contribution >= 0.6 is 0 Å². The lowest BCUT2D eigenvalue weighted by Gasteiger charge is -1.99. The van der Waals surface area contributed by atoms with Gasteiger partial charge in [0.1, 0.15) is 0 Å². The van der Waals surface area contributed by atoms with Crippen LogP contribution in [-0.2, 0) is 0 Å². The summed E-state index contributed by atoms with van der Waals surface area (Å²) >= 11 is 0. The van der Waals surface area contributed by atoms with Gasteiger partial charge in [-0.15, -0.1) is 0 Å². The molecule has 1 aromatic rings. The van der Waals surface area contributed by atoms with E-state index in [-0.39, 0.29) is 0 Å². The predicted octanol–water partition coefficient (Wildman–Crippen LogP) is 3.66. The third kappa shape index (κ3) is 3.56. The van der Waals surface area contributed by atoms with E-state index in [1.54, 1.807) is 0 Å². The molecule has 0 amide bonds. The van der Waals surface area contributed by atoms with E-state index in [0.29, 0.717) is 11.6 Å². The predicted molar refractivity (Wildman–Crippen MR) is 61.9 cm³/mol. The summed E-state index contributed by atoms with van der Waals surface area (Å²) in [5.41, 5.74) is 1.57. The molecule has 74 valence electrons. The molecule has 0 bridgehead atoms. The van der Waals surface area contributed by atoms with E-state index in [1.807, 2.05) is 36.4 Å². The molecule has 0 aliphatic heterocycles. The Balaban J connectivity index is 2.55. The van der Waals surface area contributed by atoms with Crippen LogP contribution in [0.5, 0.6) is 0 Å². The third-order valence-corrected chi connectivity index (χ3v) is 1.98. The highest BCUT2D eigenvalue weighted by atomic mass is 14.4. The minimum atomic E-state index is 0.589. The van der Waals surface area contributed by atoms with Crippen LogP contribution in [-0.4, -0.2) is 5.71 Å². The number of allylic oxidation sites excluding steroid dienone is 2. The van der Waals surface area contributed by atoms with Crippen molar-refractivity contribution in [3.05, 3.63) is 48.0 Å². The van der Waals surface area contributed by atoms with Gasteiger partial charge in [0.05, 0.1) is 5.71 Å². The molecule has 0 aliphatic carbocycles. The van der Waals surface area contributed by atoms with Crippen molar-refractivity contribution in [2.75, 3.05) is 0 Å². The lowest BCUT2D eigenvalue weighted by molar-refractivity contribution is 0.664. The van der Waals surface area contributed by atoms with Crippen LogP contribution in [0.3, 0.4) is 0 Å². The van der Waals surface area contributed by atoms with Gasteiger partial charge in [-0.3, -0.25) is 0 Å². The van der Waals surface area contributed by atoms with Crippen LogP contribution in [0, 0.1) is 11.3 Å². The van der Waals surface area contributed by atoms with Gasteiger partial charge in [-0.1, -0.05) is 50.3 Å². The maximum absolute atomic E-state index is 7.79. The van der Waals surface area contributed by atoms with Gasteiger partial charge in [0.25, 0.3) is 0 Å². The first-order valence-corrected chi connectivity index (χ1v) is 5.00. The minimum Gasteiger partial charge on any atom is -0.300 e. The standard InChI is InChI=1S/C13H17N/c1-11(2)7-6-10-13(14)12-8-4-3-5-9-12/h3-6,8-11,14H,7H2,1-2H3/b10-6-,14-13?. The number of rotatable bonds is 4. The van der Waals surface area contributed by atoms with E-state index in [4.69, 9.17) is 5.41 Å². The van der Waals surface area contributed by atoms with Crippen molar-refractivity contribution >= 4 is 5.71 Å². The highest BCUT2D eigenvalue weighted by molar-refractivity contribution is 6.06. The largest absolute Gasteiger partial charge is 0.300 e. The molecule has 0 atom stereocenters. The molecule has 0 saturated carbocycles. The van der Waals surface area contributed by atoms with Crippen LogP contribution < -0.4 is 0 Å². The Bertz CT molecular complexity index is 309. The van der Waals surface area contributed by atoms with Gasteiger partial charge in [0, 0.05) is 0 Å². The minimum absolute atomic E-state index is 0.589. The molecule has 0 unspecified atom stereocenters. The SMILES string of the molecule is CC(C)C/C=C\C(=N)c1ccccc1. The second-order valence-corrected chi connectivity index (χ2v) is 3.81. The topological polar surface area (TPSA) is 23.9 Å². The number of benzene rings is 1. The number of hydrogen-bond acceptors (Lipinski definition) is 1. The number of nitrogens with one attached hydrogen (secondary N) is 1. The van der Waals surface area contributed by atoms with Gasteiger partial charge in [-0.05, 0) is 24.0 Å². The van der Waals surface area contributed by atoms with Gasteiger partial charge in [0.2, 0.25) is 0 Å². The molecule has 0 saturated heterocycles. The molecule has 0 aliphatic rings. The Morgan fingerprint density at radius 1 is 1.29 bits per heavy atom. The second-order valence-electron chi connectivity index (χ2n) is 3.81. The average molecular weight is 187 g/mol. The fourth-order valence-electron chi connectivity index (χ4n) is 1.17. The number of hydrogen-bond donors (Lipinski definition) is 1. The summed E-state index contributed by atoms with van der Waals surface area (Å²) in [7, 11) is 0. The zero-order chi connectivity index (χ0) is 10.4. The molecule has 0 heterocycles. The van der Waals surface area contributed by atoms with Crippen molar-refractivity contribution < 1.29 is 0 Å². The zero-order valence-electron chi connectivity index (χ0n) is 8.83. The Morgan fingerprint density at radius 2 is 1.93 bits per heavy atom. The third-order valence-electron chi connectivity index (χ3n) is 1.98. The van der Waals surface area contributed by atoms with Gasteiger partial charge < -0.3 is 5.41 Å². The molecule has 0 radical (unpaired) electrons. The van der Waals surface area contributed by atoms with E-state index in [9.17, 15) is 0 Å². The molecule has 1 rings (SSSR count). The Labute approximate surface area is 86.0 Å². The quantitative estimate of drug-likeness (QED) is 0.696. The molecule has 0 spiro atoms. The van der Waals surface area contributed by atoms with Crippen molar-refractivity contribution in [3.63, 3.8) is 0 Å². The smallest absolute Gasteiger partial charge is 0.0609 e. The summed E-state index contributed by atoms with van der Waals surface area (Å²) in [6, 6.07) is 9.80. The first-order chi connectivity index (χ1) is 6.70. The summed E-state index contributed by atoms with van der Waals surface area (Å²) < 4.78 is 0. The van der Waals surface area contributed by atoms with Crippen molar-refractivity contribution in [1.82, 2.24) is 0 Å². The van der Waals surface area contributed by atoms with Gasteiger partial charge in [-0.2, -0.15) is 0 Å². The van der Waals surface area contributed by atoms with Crippen molar-refractivity contribution in [1.29, 1.82) is 5.41 Å². The lowest BCUT2D eigenvalue weighted by atomic mass is 10.1. The normalized spacial score (nSPS) is 11.1. The second kappa shape index (κ2) is 5.38. The van der Waals surface area contributed by atoms with Crippen LogP contribution in [0.15, 0.2) is 42.5 Å². The van der Waals surface area contributed by atoms with E-state index in [0.717, 1.165) is 12.0 Å². The van der Waals surface area contributed by atoms with Crippen molar-refractivity contribution in [2.24, 2.45) is 5.92 Å². The molecule has 1 N–H and O–H groups in total. The van der Waals surface area contributed by atoms with Gasteiger partial charge in [-0.25, -0.2) is 0 Å². The van der Waals surface area contributed by atoms with Gasteiger partial charge >= 0.3 is 0 Å². The summed E-state index contributed by atoms with van der Waals surface area (Å²) in [4.78, 5) is 0. The first kappa shape index (κ1) is 10.7. The summed E-state index contributed by atoms with van der Waals surface area (Å²) in [6.07, 6.45) is 4.99. The Morgan fingerprint density at radius 3 is 2.50 bits per heavy atom. The summed E-state index contributed by atoms with van der Waals surface area (Å²) in [5.74, 6) is 0.662. The summed E-state index contributed by atoms with van der Waals surface area (Å²) in [5, 5.41) is 7.79. The van der Waals surface area contributed by atoms with E-state index < -0.39 is 0 Å². The van der Waals surface area contributed by atoms with E-state index in [2.05, 4.69) is 19.9 Å². The fraction of sp³-hybridized carbons (Fsp3) is 0.308. The maximum Gasteiger partial charge on any atom is 0.0609 e. The summed E-state index contributed by atoms with van der Waals surface area (Å²) in [6.45, 7) is 4.35. The molecule has 1 nitrogen and oxygen atoms in total. The monoisotopic (exact) mass is 187 g/mol. The van der Waals surface area contributed by atoms with Crippen LogP contribution in [0.2, 0.25) is 0 Å². The van der Waals surface area contributed by atoms with Crippen molar-refractivity contribution in [3.8, 4) is 0 Å². The molecule has 0 fully saturated rings.